The molecule has 1 aliphatic rings. The molecule has 12 heteroatoms. The number of hydrogen-bond donors (Lipinski definition) is 3. The number of nitrogens with one attached hydrogen (secondary N) is 3. The Kier molecular flexibility index (Phi) is 13.6. The van der Waals surface area contributed by atoms with Gasteiger partial charge >= 0.3 is 18.0 Å². The Labute approximate surface area is 253 Å². The van der Waals surface area contributed by atoms with E-state index in [0.29, 0.717) is 43.7 Å². The van der Waals surface area contributed by atoms with E-state index in [1.165, 1.54) is 38.1 Å². The molecule has 0 saturated carbocycles. The van der Waals surface area contributed by atoms with Crippen LogP contribution in [-0.2, 0) is 28.6 Å². The van der Waals surface area contributed by atoms with Gasteiger partial charge in [0.2, 0.25) is 12.2 Å². The normalized spacial score (nSPS) is 15.1. The monoisotopic (exact) mass is 602 g/mol. The van der Waals surface area contributed by atoms with E-state index < -0.39 is 29.8 Å². The maximum absolute atomic E-state index is 13.7. The molecule has 0 spiro atoms. The summed E-state index contributed by atoms with van der Waals surface area (Å²) < 4.78 is 14.7. The molecule has 1 fully saturated rings. The zero-order valence-electron chi connectivity index (χ0n) is 26.1. The molecule has 1 aromatic rings. The largest absolute Gasteiger partial charge is 0.466 e. The van der Waals surface area contributed by atoms with Gasteiger partial charge in [0.05, 0.1) is 12.5 Å². The first-order chi connectivity index (χ1) is 20.3. The predicted octanol–water partition coefficient (Wildman–Crippen LogP) is 4.15. The second-order valence-electron chi connectivity index (χ2n) is 11.3. The average Bonchev–Trinajstić information content (AvgIpc) is 2.92. The third-order valence-corrected chi connectivity index (χ3v) is 7.41. The zero-order chi connectivity index (χ0) is 32.2. The fourth-order valence-electron chi connectivity index (χ4n) is 5.09. The van der Waals surface area contributed by atoms with E-state index in [4.69, 9.17) is 19.6 Å². The molecule has 238 valence electrons. The Morgan fingerprint density at radius 2 is 1.63 bits per heavy atom. The fourth-order valence-corrected chi connectivity index (χ4v) is 5.09. The van der Waals surface area contributed by atoms with E-state index in [2.05, 4.69) is 17.6 Å². The highest BCUT2D eigenvalue weighted by atomic mass is 16.7. The third kappa shape index (κ3) is 11.3. The molecule has 0 bridgehead atoms. The number of amides is 3. The van der Waals surface area contributed by atoms with Crippen molar-refractivity contribution >= 4 is 35.7 Å². The highest BCUT2D eigenvalue weighted by Crippen LogP contribution is 2.29. The molecule has 1 heterocycles. The van der Waals surface area contributed by atoms with Gasteiger partial charge in [-0.3, -0.25) is 29.9 Å². The van der Waals surface area contributed by atoms with Crippen LogP contribution >= 0.6 is 0 Å². The van der Waals surface area contributed by atoms with Crippen molar-refractivity contribution in [2.45, 2.75) is 91.9 Å². The molecule has 1 saturated heterocycles. The number of carbonyl (C=O) groups is 5. The fraction of sp³-hybridized carbons (Fsp3) is 0.613. The van der Waals surface area contributed by atoms with Gasteiger partial charge in [0.15, 0.2) is 0 Å². The van der Waals surface area contributed by atoms with Crippen LogP contribution in [0.25, 0.3) is 0 Å². The van der Waals surface area contributed by atoms with E-state index in [0.717, 1.165) is 25.7 Å². The summed E-state index contributed by atoms with van der Waals surface area (Å²) in [6.45, 7) is 11.6. The van der Waals surface area contributed by atoms with Gasteiger partial charge in [-0.1, -0.05) is 31.9 Å². The number of hydrogen-bond acceptors (Lipinski definition) is 9. The Balaban J connectivity index is 2.02. The predicted molar refractivity (Wildman–Crippen MR) is 159 cm³/mol. The average molecular weight is 603 g/mol. The van der Waals surface area contributed by atoms with Crippen LogP contribution in [0.5, 0.6) is 0 Å². The summed E-state index contributed by atoms with van der Waals surface area (Å²) in [7, 11) is 0. The molecule has 3 amide bonds. The molecule has 2 unspecified atom stereocenters. The number of benzene rings is 1. The van der Waals surface area contributed by atoms with Crippen LogP contribution in [0.3, 0.4) is 0 Å². The lowest BCUT2D eigenvalue weighted by molar-refractivity contribution is -0.161. The molecule has 2 atom stereocenters. The third-order valence-electron chi connectivity index (χ3n) is 7.41. The van der Waals surface area contributed by atoms with Crippen molar-refractivity contribution in [2.24, 2.45) is 11.8 Å². The van der Waals surface area contributed by atoms with E-state index in [1.54, 1.807) is 6.92 Å². The van der Waals surface area contributed by atoms with Crippen LogP contribution in [0, 0.1) is 17.2 Å². The second kappa shape index (κ2) is 16.6. The number of alkyl carbamates (subject to hydrolysis) is 1. The molecular weight excluding hydrogens is 556 g/mol. The smallest absolute Gasteiger partial charge is 0.415 e. The van der Waals surface area contributed by atoms with Crippen LogP contribution in [0.15, 0.2) is 24.3 Å². The summed E-state index contributed by atoms with van der Waals surface area (Å²) in [6.07, 6.45) is 2.12. The minimum absolute atomic E-state index is 0.00175. The van der Waals surface area contributed by atoms with Crippen molar-refractivity contribution < 1.29 is 38.2 Å². The number of esters is 2. The van der Waals surface area contributed by atoms with Gasteiger partial charge in [0, 0.05) is 50.0 Å². The summed E-state index contributed by atoms with van der Waals surface area (Å²) in [5.41, 5.74) is -0.187. The molecule has 0 aromatic heterocycles. The van der Waals surface area contributed by atoms with Gasteiger partial charge < -0.3 is 24.4 Å². The molecule has 0 radical (unpaired) electrons. The SMILES string of the molecule is CCCCC(C(=O)N1CCC(CC(=O)OCC)CC1)C(C)(C)NC(=O)c1ccc(C(=N)NC(=O)OC(C)OC(C)=O)cc1. The summed E-state index contributed by atoms with van der Waals surface area (Å²) in [6, 6.07) is 6.09. The van der Waals surface area contributed by atoms with E-state index in [9.17, 15) is 24.0 Å². The maximum Gasteiger partial charge on any atom is 0.415 e. The summed E-state index contributed by atoms with van der Waals surface area (Å²) >= 11 is 0. The van der Waals surface area contributed by atoms with Gasteiger partial charge in [-0.15, -0.1) is 0 Å². The molecule has 43 heavy (non-hydrogen) atoms. The number of amidine groups is 1. The van der Waals surface area contributed by atoms with Crippen LogP contribution < -0.4 is 10.6 Å². The Morgan fingerprint density at radius 3 is 2.19 bits per heavy atom. The van der Waals surface area contributed by atoms with E-state index >= 15 is 0 Å². The number of carbonyl (C=O) groups excluding carboxylic acids is 5. The van der Waals surface area contributed by atoms with Gasteiger partial charge in [0.25, 0.3) is 5.91 Å². The van der Waals surface area contributed by atoms with Crippen molar-refractivity contribution in [3.63, 3.8) is 0 Å². The Morgan fingerprint density at radius 1 is 1.02 bits per heavy atom. The number of ether oxygens (including phenoxy) is 3. The van der Waals surface area contributed by atoms with Crippen LogP contribution in [0.2, 0.25) is 0 Å². The van der Waals surface area contributed by atoms with E-state index in [-0.39, 0.29) is 29.5 Å². The molecule has 12 nitrogen and oxygen atoms in total. The Bertz CT molecular complexity index is 1140. The van der Waals surface area contributed by atoms with E-state index in [1.807, 2.05) is 18.7 Å². The number of unbranched alkanes of at least 4 members (excludes halogenated alkanes) is 1. The lowest BCUT2D eigenvalue weighted by Crippen LogP contribution is -2.55. The highest BCUT2D eigenvalue weighted by molar-refractivity contribution is 6.05. The standard InChI is InChI=1S/C31H46N4O8/c1-7-9-10-25(29(39)35-17-15-22(16-18-35)19-26(37)41-8-2)31(5,6)34-28(38)24-13-11-23(12-14-24)27(32)33-30(40)43-21(4)42-20(3)36/h11-14,21-22,25H,7-10,15-19H2,1-6H3,(H,34,38)(H2,32,33,40). The van der Waals surface area contributed by atoms with Crippen LogP contribution in [0.1, 0.15) is 96.0 Å². The topological polar surface area (TPSA) is 164 Å². The Hall–Kier alpha value is -3.96. The quantitative estimate of drug-likeness (QED) is 0.131. The molecule has 2 rings (SSSR count). The van der Waals surface area contributed by atoms with Gasteiger partial charge in [-0.25, -0.2) is 4.79 Å². The number of likely N-dealkylation sites (tertiary alicyclic amines) is 1. The maximum atomic E-state index is 13.7. The van der Waals surface area contributed by atoms with Crippen molar-refractivity contribution in [3.8, 4) is 0 Å². The summed E-state index contributed by atoms with van der Waals surface area (Å²) in [4.78, 5) is 63.6. The van der Waals surface area contributed by atoms with Gasteiger partial charge in [-0.05, 0) is 58.1 Å². The highest BCUT2D eigenvalue weighted by Gasteiger charge is 2.39. The van der Waals surface area contributed by atoms with Gasteiger partial charge in [0.1, 0.15) is 5.84 Å². The first kappa shape index (κ1) is 35.2. The molecule has 1 aliphatic heterocycles. The lowest BCUT2D eigenvalue weighted by atomic mass is 9.81. The second-order valence-corrected chi connectivity index (χ2v) is 11.3. The van der Waals surface area contributed by atoms with Crippen molar-refractivity contribution in [3.05, 3.63) is 35.4 Å². The molecule has 0 aliphatic carbocycles. The summed E-state index contributed by atoms with van der Waals surface area (Å²) in [5.74, 6) is -1.68. The number of nitrogens with zero attached hydrogens (tertiary/aromatic N) is 1. The van der Waals surface area contributed by atoms with Gasteiger partial charge in [-0.2, -0.15) is 0 Å². The van der Waals surface area contributed by atoms with Crippen LogP contribution in [0.4, 0.5) is 4.79 Å². The molecular formula is C31H46N4O8. The minimum atomic E-state index is -1.11. The van der Waals surface area contributed by atoms with Crippen molar-refractivity contribution in [2.75, 3.05) is 19.7 Å². The number of piperidine rings is 1. The number of rotatable bonds is 13. The van der Waals surface area contributed by atoms with Crippen LogP contribution in [-0.4, -0.2) is 72.1 Å². The minimum Gasteiger partial charge on any atom is -0.466 e. The molecule has 1 aromatic carbocycles. The zero-order valence-corrected chi connectivity index (χ0v) is 26.1. The van der Waals surface area contributed by atoms with Crippen molar-refractivity contribution in [1.82, 2.24) is 15.5 Å². The first-order valence-electron chi connectivity index (χ1n) is 14.9. The summed E-state index contributed by atoms with van der Waals surface area (Å²) in [5, 5.41) is 13.4. The first-order valence-corrected chi connectivity index (χ1v) is 14.9. The lowest BCUT2D eigenvalue weighted by Gasteiger charge is -2.40. The van der Waals surface area contributed by atoms with Crippen molar-refractivity contribution in [1.29, 1.82) is 5.41 Å². The molecule has 3 N–H and O–H groups in total.